The second-order valence-electron chi connectivity index (χ2n) is 10.5. The maximum atomic E-state index is 13.7. The molecule has 0 saturated carbocycles. The zero-order valence-corrected chi connectivity index (χ0v) is 23.8. The second kappa shape index (κ2) is 13.5. The molecule has 0 radical (unpaired) electrons. The molecule has 41 heavy (non-hydrogen) atoms. The summed E-state index contributed by atoms with van der Waals surface area (Å²) in [5.74, 6) is 0.482. The van der Waals surface area contributed by atoms with E-state index in [0.29, 0.717) is 42.3 Å². The molecule has 3 N–H and O–H groups in total. The van der Waals surface area contributed by atoms with Gasteiger partial charge in [0.25, 0.3) is 5.91 Å². The number of carbonyl (C=O) groups is 2. The number of aliphatic hydroxyl groups is 1. The van der Waals surface area contributed by atoms with Gasteiger partial charge in [0, 0.05) is 36.9 Å². The first-order valence-electron chi connectivity index (χ1n) is 13.5. The van der Waals surface area contributed by atoms with Crippen LogP contribution in [0.3, 0.4) is 0 Å². The largest absolute Gasteiger partial charge is 0.497 e. The molecular formula is C31H37FN4O5. The Morgan fingerprint density at radius 3 is 2.44 bits per heavy atom. The van der Waals surface area contributed by atoms with E-state index < -0.39 is 17.9 Å². The number of nitrogens with zero attached hydrogens (tertiary/aromatic N) is 2. The Morgan fingerprint density at radius 2 is 1.78 bits per heavy atom. The summed E-state index contributed by atoms with van der Waals surface area (Å²) in [6.07, 6.45) is -0.251. The van der Waals surface area contributed by atoms with E-state index in [4.69, 9.17) is 9.47 Å². The van der Waals surface area contributed by atoms with E-state index in [1.54, 1.807) is 37.1 Å². The molecule has 0 fully saturated rings. The third kappa shape index (κ3) is 7.74. The SMILES string of the molecule is COc1ccc(CN(C)C[C@@H]2Oc3ccc(NC(=O)Nc4ccc(F)cc4)cc3C(=O)N([C@H](C)CO)C[C@@H]2C)cc1. The van der Waals surface area contributed by atoms with Gasteiger partial charge in [-0.2, -0.15) is 0 Å². The van der Waals surface area contributed by atoms with Crippen LogP contribution in [-0.2, 0) is 6.54 Å². The maximum absolute atomic E-state index is 13.7. The van der Waals surface area contributed by atoms with E-state index in [1.165, 1.54) is 24.3 Å². The fraction of sp³-hybridized carbons (Fsp3) is 0.355. The zero-order valence-electron chi connectivity index (χ0n) is 23.8. The van der Waals surface area contributed by atoms with E-state index >= 15 is 0 Å². The summed E-state index contributed by atoms with van der Waals surface area (Å²) in [5, 5.41) is 15.3. The molecule has 0 unspecified atom stereocenters. The van der Waals surface area contributed by atoms with Crippen LogP contribution in [0.15, 0.2) is 66.7 Å². The first-order chi connectivity index (χ1) is 19.7. The van der Waals surface area contributed by atoms with Crippen molar-refractivity contribution in [1.82, 2.24) is 9.80 Å². The number of carbonyl (C=O) groups excluding carboxylic acids is 2. The second-order valence-corrected chi connectivity index (χ2v) is 10.5. The molecule has 9 nitrogen and oxygen atoms in total. The van der Waals surface area contributed by atoms with Gasteiger partial charge >= 0.3 is 6.03 Å². The molecule has 3 aromatic carbocycles. The van der Waals surface area contributed by atoms with E-state index in [9.17, 15) is 19.1 Å². The van der Waals surface area contributed by atoms with Crippen LogP contribution in [0.4, 0.5) is 20.6 Å². The zero-order chi connectivity index (χ0) is 29.5. The molecule has 3 aromatic rings. The third-order valence-electron chi connectivity index (χ3n) is 7.13. The summed E-state index contributed by atoms with van der Waals surface area (Å²) in [4.78, 5) is 30.1. The normalized spacial score (nSPS) is 17.6. The topological polar surface area (TPSA) is 103 Å². The molecule has 10 heteroatoms. The highest BCUT2D eigenvalue weighted by Crippen LogP contribution is 2.31. The van der Waals surface area contributed by atoms with Crippen molar-refractivity contribution in [3.8, 4) is 11.5 Å². The highest BCUT2D eigenvalue weighted by Gasteiger charge is 2.33. The molecule has 218 valence electrons. The number of hydrogen-bond donors (Lipinski definition) is 3. The third-order valence-corrected chi connectivity index (χ3v) is 7.13. The van der Waals surface area contributed by atoms with Crippen molar-refractivity contribution < 1.29 is 28.6 Å². The molecule has 3 amide bonds. The predicted molar refractivity (Wildman–Crippen MR) is 156 cm³/mol. The fourth-order valence-electron chi connectivity index (χ4n) is 4.76. The fourth-order valence-corrected chi connectivity index (χ4v) is 4.76. The summed E-state index contributed by atoms with van der Waals surface area (Å²) in [5.41, 5.74) is 2.24. The average Bonchev–Trinajstić information content (AvgIpc) is 2.96. The summed E-state index contributed by atoms with van der Waals surface area (Å²) in [7, 11) is 3.66. The monoisotopic (exact) mass is 564 g/mol. The molecule has 0 spiro atoms. The Hall–Kier alpha value is -4.15. The number of halogens is 1. The minimum atomic E-state index is -0.539. The number of anilines is 2. The van der Waals surface area contributed by atoms with Crippen LogP contribution in [0.5, 0.6) is 11.5 Å². The molecule has 0 aliphatic carbocycles. The van der Waals surface area contributed by atoms with Crippen molar-refractivity contribution in [1.29, 1.82) is 0 Å². The van der Waals surface area contributed by atoms with Crippen LogP contribution in [0.1, 0.15) is 29.8 Å². The van der Waals surface area contributed by atoms with E-state index in [0.717, 1.165) is 11.3 Å². The molecule has 1 heterocycles. The molecule has 0 aromatic heterocycles. The Kier molecular flexibility index (Phi) is 9.80. The van der Waals surface area contributed by atoms with Gasteiger partial charge in [-0.05, 0) is 74.1 Å². The number of benzene rings is 3. The van der Waals surface area contributed by atoms with Gasteiger partial charge < -0.3 is 30.1 Å². The van der Waals surface area contributed by atoms with E-state index in [1.807, 2.05) is 38.2 Å². The first-order valence-corrected chi connectivity index (χ1v) is 13.5. The number of aliphatic hydroxyl groups excluding tert-OH is 1. The van der Waals surface area contributed by atoms with Crippen LogP contribution in [0.25, 0.3) is 0 Å². The van der Waals surface area contributed by atoms with E-state index in [2.05, 4.69) is 15.5 Å². The highest BCUT2D eigenvalue weighted by atomic mass is 19.1. The number of ether oxygens (including phenoxy) is 2. The molecule has 3 atom stereocenters. The number of fused-ring (bicyclic) bond motifs is 1. The lowest BCUT2D eigenvalue weighted by atomic mass is 9.99. The number of hydrogen-bond acceptors (Lipinski definition) is 6. The van der Waals surface area contributed by atoms with Gasteiger partial charge in [-0.3, -0.25) is 9.69 Å². The van der Waals surface area contributed by atoms with Crippen LogP contribution in [0.2, 0.25) is 0 Å². The lowest BCUT2D eigenvalue weighted by Gasteiger charge is -2.38. The summed E-state index contributed by atoms with van der Waals surface area (Å²) < 4.78 is 24.9. The lowest BCUT2D eigenvalue weighted by molar-refractivity contribution is 0.0341. The minimum Gasteiger partial charge on any atom is -0.497 e. The average molecular weight is 565 g/mol. The Bertz CT molecular complexity index is 1340. The molecule has 0 saturated heterocycles. The van der Waals surface area contributed by atoms with Crippen molar-refractivity contribution in [2.24, 2.45) is 5.92 Å². The number of nitrogens with one attached hydrogen (secondary N) is 2. The van der Waals surface area contributed by atoms with Crippen LogP contribution in [-0.4, -0.2) is 72.8 Å². The van der Waals surface area contributed by atoms with Gasteiger partial charge in [0.1, 0.15) is 23.4 Å². The van der Waals surface area contributed by atoms with E-state index in [-0.39, 0.29) is 24.5 Å². The first kappa shape index (κ1) is 29.8. The van der Waals surface area contributed by atoms with Crippen molar-refractivity contribution >= 4 is 23.3 Å². The van der Waals surface area contributed by atoms with Crippen LogP contribution < -0.4 is 20.1 Å². The number of likely N-dealkylation sites (N-methyl/N-ethyl adjacent to an activating group) is 1. The Balaban J connectivity index is 1.54. The number of urea groups is 1. The van der Waals surface area contributed by atoms with Crippen molar-refractivity contribution in [2.75, 3.05) is 44.5 Å². The highest BCUT2D eigenvalue weighted by molar-refractivity contribution is 6.02. The molecule has 0 bridgehead atoms. The predicted octanol–water partition coefficient (Wildman–Crippen LogP) is 4.83. The number of methoxy groups -OCH3 is 1. The van der Waals surface area contributed by atoms with Crippen molar-refractivity contribution in [2.45, 2.75) is 32.5 Å². The van der Waals surface area contributed by atoms with Gasteiger partial charge in [0.05, 0.1) is 25.3 Å². The molecule has 1 aliphatic heterocycles. The summed E-state index contributed by atoms with van der Waals surface area (Å²) in [6, 6.07) is 17.3. The number of amides is 3. The molecular weight excluding hydrogens is 527 g/mol. The number of rotatable bonds is 9. The standard InChI is InChI=1S/C31H37FN4O5/c1-20-16-36(21(2)19-37)30(38)27-15-25(34-31(39)33-24-9-7-23(32)8-10-24)11-14-28(27)41-29(20)18-35(3)17-22-5-12-26(40-4)13-6-22/h5-15,20-21,29,37H,16-19H2,1-4H3,(H2,33,34,39)/t20-,21+,29-/m0/s1. The maximum Gasteiger partial charge on any atom is 0.323 e. The minimum absolute atomic E-state index is 0.0290. The molecule has 1 aliphatic rings. The van der Waals surface area contributed by atoms with Gasteiger partial charge in [0.15, 0.2) is 0 Å². The van der Waals surface area contributed by atoms with Gasteiger partial charge in [0.2, 0.25) is 0 Å². The van der Waals surface area contributed by atoms with Crippen LogP contribution >= 0.6 is 0 Å². The quantitative estimate of drug-likeness (QED) is 0.344. The lowest BCUT2D eigenvalue weighted by Crippen LogP contribution is -2.49. The summed E-state index contributed by atoms with van der Waals surface area (Å²) >= 11 is 0. The smallest absolute Gasteiger partial charge is 0.323 e. The van der Waals surface area contributed by atoms with Crippen LogP contribution in [0, 0.1) is 11.7 Å². The van der Waals surface area contributed by atoms with Gasteiger partial charge in [-0.25, -0.2) is 9.18 Å². The van der Waals surface area contributed by atoms with Crippen molar-refractivity contribution in [3.63, 3.8) is 0 Å². The summed E-state index contributed by atoms with van der Waals surface area (Å²) in [6.45, 7) is 5.35. The van der Waals surface area contributed by atoms with Crippen molar-refractivity contribution in [3.05, 3.63) is 83.7 Å². The molecule has 4 rings (SSSR count). The van der Waals surface area contributed by atoms with Gasteiger partial charge in [-0.15, -0.1) is 0 Å². The Labute approximate surface area is 239 Å². The van der Waals surface area contributed by atoms with Gasteiger partial charge in [-0.1, -0.05) is 19.1 Å². The Morgan fingerprint density at radius 1 is 1.12 bits per heavy atom.